The second-order valence-electron chi connectivity index (χ2n) is 1.93. The van der Waals surface area contributed by atoms with E-state index in [9.17, 15) is 17.7 Å². The van der Waals surface area contributed by atoms with Gasteiger partial charge in [0.1, 0.15) is 5.76 Å². The number of rotatable bonds is 2. The van der Waals surface area contributed by atoms with Crippen molar-refractivity contribution in [3.05, 3.63) is 18.1 Å². The molecule has 0 aliphatic heterocycles. The maximum absolute atomic E-state index is 11.9. The van der Waals surface area contributed by atoms with Gasteiger partial charge in [0.2, 0.25) is 0 Å². The normalized spacial score (nSPS) is 10.6. The molecule has 0 atom stereocenters. The van der Waals surface area contributed by atoms with Crippen molar-refractivity contribution in [2.45, 2.75) is 0 Å². The maximum Gasteiger partial charge on any atom is 1.00 e. The third-order valence-electron chi connectivity index (χ3n) is 1.19. The largest absolute Gasteiger partial charge is 1.00 e. The molecule has 0 amide bonds. The molecule has 0 spiro atoms. The van der Waals surface area contributed by atoms with Crippen molar-refractivity contribution in [2.24, 2.45) is 0 Å². The first-order valence-electron chi connectivity index (χ1n) is 2.78. The van der Waals surface area contributed by atoms with Crippen molar-refractivity contribution in [1.29, 1.82) is 0 Å². The van der Waals surface area contributed by atoms with Gasteiger partial charge in [-0.05, 0) is 0 Å². The van der Waals surface area contributed by atoms with E-state index in [4.69, 9.17) is 0 Å². The van der Waals surface area contributed by atoms with E-state index in [1.807, 2.05) is 0 Å². The Bertz CT molecular complexity index is 270. The molecular formula is C5H3BF3KO2. The van der Waals surface area contributed by atoms with Crippen LogP contribution in [0.25, 0.3) is 0 Å². The van der Waals surface area contributed by atoms with Crippen LogP contribution >= 0.6 is 0 Å². The van der Waals surface area contributed by atoms with Crippen molar-refractivity contribution < 1.29 is 73.5 Å². The molecule has 0 aliphatic carbocycles. The smallest absolute Gasteiger partial charge is 0.465 e. The van der Waals surface area contributed by atoms with Gasteiger partial charge >= 0.3 is 58.4 Å². The van der Waals surface area contributed by atoms with E-state index < -0.39 is 18.2 Å². The van der Waals surface area contributed by atoms with Crippen molar-refractivity contribution >= 4 is 18.7 Å². The number of carbonyl (C=O) groups excluding carboxylic acids is 1. The molecule has 12 heavy (non-hydrogen) atoms. The number of furan rings is 1. The standard InChI is InChI=1S/C5H3BF3O2.K/c7-6(8,9)4-1-2-11-5(4)3-10;/h1-3H;/q-1;+1. The summed E-state index contributed by atoms with van der Waals surface area (Å²) in [4.78, 5) is 9.95. The van der Waals surface area contributed by atoms with Crippen LogP contribution in [0.15, 0.2) is 16.7 Å². The molecular weight excluding hydrogens is 199 g/mol. The second kappa shape index (κ2) is 4.61. The van der Waals surface area contributed by atoms with Crippen molar-refractivity contribution in [1.82, 2.24) is 0 Å². The van der Waals surface area contributed by atoms with Gasteiger partial charge in [0.05, 0.1) is 6.26 Å². The zero-order valence-electron chi connectivity index (χ0n) is 6.26. The average molecular weight is 202 g/mol. The van der Waals surface area contributed by atoms with Crippen LogP contribution in [-0.2, 0) is 0 Å². The Hall–Kier alpha value is 0.441. The van der Waals surface area contributed by atoms with Crippen LogP contribution in [0.3, 0.4) is 0 Å². The van der Waals surface area contributed by atoms with E-state index in [-0.39, 0.29) is 57.7 Å². The van der Waals surface area contributed by atoms with Gasteiger partial charge in [-0.15, -0.1) is 0 Å². The van der Waals surface area contributed by atoms with Crippen LogP contribution in [0.2, 0.25) is 0 Å². The molecule has 1 aromatic heterocycles. The minimum atomic E-state index is -5.12. The first kappa shape index (κ1) is 12.4. The van der Waals surface area contributed by atoms with Crippen LogP contribution in [0.5, 0.6) is 0 Å². The number of carbonyl (C=O) groups is 1. The number of hydrogen-bond acceptors (Lipinski definition) is 2. The Kier molecular flexibility index (Phi) is 4.78. The molecule has 1 heterocycles. The number of aldehydes is 1. The minimum Gasteiger partial charge on any atom is -0.465 e. The molecule has 0 N–H and O–H groups in total. The van der Waals surface area contributed by atoms with Crippen molar-refractivity contribution in [3.8, 4) is 0 Å². The molecule has 1 rings (SSSR count). The summed E-state index contributed by atoms with van der Waals surface area (Å²) in [6, 6.07) is 0.740. The first-order chi connectivity index (χ1) is 5.05. The fraction of sp³-hybridized carbons (Fsp3) is 0. The van der Waals surface area contributed by atoms with Crippen LogP contribution in [0.4, 0.5) is 12.9 Å². The topological polar surface area (TPSA) is 30.2 Å². The Morgan fingerprint density at radius 1 is 1.42 bits per heavy atom. The predicted molar refractivity (Wildman–Crippen MR) is 32.8 cm³/mol. The van der Waals surface area contributed by atoms with Crippen LogP contribution in [0, 0.1) is 0 Å². The molecule has 2 nitrogen and oxygen atoms in total. The Balaban J connectivity index is 0.00000121. The molecule has 0 aliphatic rings. The summed E-state index contributed by atoms with van der Waals surface area (Å²) >= 11 is 0. The molecule has 0 radical (unpaired) electrons. The van der Waals surface area contributed by atoms with Crippen molar-refractivity contribution in [2.75, 3.05) is 0 Å². The summed E-state index contributed by atoms with van der Waals surface area (Å²) in [5, 5.41) is 0. The zero-order valence-corrected chi connectivity index (χ0v) is 9.38. The fourth-order valence-electron chi connectivity index (χ4n) is 0.697. The number of halogens is 3. The summed E-state index contributed by atoms with van der Waals surface area (Å²) in [7, 11) is 0. The molecule has 0 aromatic carbocycles. The van der Waals surface area contributed by atoms with Crippen LogP contribution < -0.4 is 56.8 Å². The molecule has 60 valence electrons. The maximum atomic E-state index is 11.9. The molecule has 0 saturated heterocycles. The minimum absolute atomic E-state index is 0. The van der Waals surface area contributed by atoms with Gasteiger partial charge in [-0.1, -0.05) is 11.5 Å². The quantitative estimate of drug-likeness (QED) is 0.416. The molecule has 0 saturated carbocycles. The Labute approximate surface area is 109 Å². The molecule has 0 unspecified atom stereocenters. The van der Waals surface area contributed by atoms with E-state index in [1.165, 1.54) is 0 Å². The molecule has 1 aromatic rings. The van der Waals surface area contributed by atoms with E-state index in [2.05, 4.69) is 4.42 Å². The summed E-state index contributed by atoms with van der Waals surface area (Å²) in [5.74, 6) is -0.655. The van der Waals surface area contributed by atoms with Crippen LogP contribution in [0.1, 0.15) is 10.6 Å². The Morgan fingerprint density at radius 3 is 2.33 bits per heavy atom. The third kappa shape index (κ3) is 2.74. The van der Waals surface area contributed by atoms with Gasteiger partial charge in [0, 0.05) is 0 Å². The van der Waals surface area contributed by atoms with Gasteiger partial charge in [0.15, 0.2) is 6.29 Å². The SMILES string of the molecule is O=Cc1occc1[B-](F)(F)F.[K+]. The van der Waals surface area contributed by atoms with E-state index >= 15 is 0 Å². The van der Waals surface area contributed by atoms with Crippen LogP contribution in [-0.4, -0.2) is 13.3 Å². The van der Waals surface area contributed by atoms with Gasteiger partial charge in [0.25, 0.3) is 0 Å². The summed E-state index contributed by atoms with van der Waals surface area (Å²) in [6.07, 6.45) is 0.888. The number of hydrogen-bond donors (Lipinski definition) is 0. The molecule has 7 heteroatoms. The summed E-state index contributed by atoms with van der Waals surface area (Å²) < 4.78 is 40.0. The molecule has 0 bridgehead atoms. The van der Waals surface area contributed by atoms with Gasteiger partial charge in [-0.25, -0.2) is 0 Å². The summed E-state index contributed by atoms with van der Waals surface area (Å²) in [6.45, 7) is -5.12. The van der Waals surface area contributed by atoms with Gasteiger partial charge in [-0.3, -0.25) is 4.79 Å². The fourth-order valence-corrected chi connectivity index (χ4v) is 0.697. The van der Waals surface area contributed by atoms with Gasteiger partial charge < -0.3 is 17.4 Å². The first-order valence-corrected chi connectivity index (χ1v) is 2.78. The van der Waals surface area contributed by atoms with E-state index in [1.54, 1.807) is 0 Å². The molecule has 0 fully saturated rings. The predicted octanol–water partition coefficient (Wildman–Crippen LogP) is -1.85. The third-order valence-corrected chi connectivity index (χ3v) is 1.19. The van der Waals surface area contributed by atoms with Gasteiger partial charge in [-0.2, -0.15) is 0 Å². The van der Waals surface area contributed by atoms with E-state index in [0.717, 1.165) is 12.3 Å². The van der Waals surface area contributed by atoms with Crippen molar-refractivity contribution in [3.63, 3.8) is 0 Å². The summed E-state index contributed by atoms with van der Waals surface area (Å²) in [5.41, 5.74) is -0.972. The monoisotopic (exact) mass is 202 g/mol. The average Bonchev–Trinajstić information content (AvgIpc) is 2.31. The zero-order chi connectivity index (χ0) is 8.48. The second-order valence-corrected chi connectivity index (χ2v) is 1.93. The van der Waals surface area contributed by atoms with E-state index in [0.29, 0.717) is 0 Å². The Morgan fingerprint density at radius 2 is 2.00 bits per heavy atom.